The van der Waals surface area contributed by atoms with Gasteiger partial charge in [0.05, 0.1) is 18.7 Å². The number of nitrogens with zero attached hydrogens (tertiary/aromatic N) is 1. The molecule has 2 aromatic heterocycles. The molecule has 0 bridgehead atoms. The van der Waals surface area contributed by atoms with Crippen LogP contribution in [-0.2, 0) is 17.7 Å². The molecule has 3 heterocycles. The summed E-state index contributed by atoms with van der Waals surface area (Å²) < 4.78 is 17.8. The molecular formula is C25H25N2O4+. The maximum atomic E-state index is 12.8. The number of hydrogen-bond acceptors (Lipinski definition) is 5. The van der Waals surface area contributed by atoms with Gasteiger partial charge in [0, 0.05) is 34.5 Å². The van der Waals surface area contributed by atoms with E-state index < -0.39 is 0 Å². The molecule has 31 heavy (non-hydrogen) atoms. The largest absolute Gasteiger partial charge is 0.462 e. The van der Waals surface area contributed by atoms with E-state index in [1.165, 1.54) is 4.90 Å². The molecule has 0 spiro atoms. The fourth-order valence-corrected chi connectivity index (χ4v) is 4.45. The number of esters is 1. The number of fused-ring (bicyclic) bond motifs is 6. The lowest BCUT2D eigenvalue weighted by molar-refractivity contribution is -0.932. The van der Waals surface area contributed by atoms with Gasteiger partial charge in [-0.2, -0.15) is 0 Å². The second kappa shape index (κ2) is 8.04. The van der Waals surface area contributed by atoms with Gasteiger partial charge in [0.15, 0.2) is 0 Å². The summed E-state index contributed by atoms with van der Waals surface area (Å²) in [6.45, 7) is 6.15. The Morgan fingerprint density at radius 3 is 2.74 bits per heavy atom. The average Bonchev–Trinajstić information content (AvgIpc) is 3.16. The minimum absolute atomic E-state index is 0.318. The fourth-order valence-electron chi connectivity index (χ4n) is 4.45. The average molecular weight is 417 g/mol. The Kier molecular flexibility index (Phi) is 5.08. The number of rotatable bonds is 5. The first kappa shape index (κ1) is 19.6. The van der Waals surface area contributed by atoms with Crippen LogP contribution >= 0.6 is 0 Å². The number of hydrogen-bond donors (Lipinski definition) is 1. The Labute approximate surface area is 180 Å². The second-order valence-electron chi connectivity index (χ2n) is 7.85. The van der Waals surface area contributed by atoms with Gasteiger partial charge in [0.2, 0.25) is 6.73 Å². The van der Waals surface area contributed by atoms with E-state index in [1.807, 2.05) is 62.5 Å². The Morgan fingerprint density at radius 1 is 1.16 bits per heavy atom. The number of quaternary nitrogens is 1. The molecule has 6 nitrogen and oxygen atoms in total. The summed E-state index contributed by atoms with van der Waals surface area (Å²) >= 11 is 0. The maximum absolute atomic E-state index is 12.8. The van der Waals surface area contributed by atoms with Crippen molar-refractivity contribution < 1.29 is 23.6 Å². The number of ether oxygens (including phenoxy) is 2. The summed E-state index contributed by atoms with van der Waals surface area (Å²) in [5.74, 6) is 1.07. The molecule has 5 rings (SSSR count). The quantitative estimate of drug-likeness (QED) is 0.504. The van der Waals surface area contributed by atoms with Crippen LogP contribution in [0.3, 0.4) is 0 Å². The van der Waals surface area contributed by atoms with Crippen LogP contribution in [0, 0.1) is 6.92 Å². The Bertz CT molecular complexity index is 1260. The van der Waals surface area contributed by atoms with Gasteiger partial charge in [-0.05, 0) is 26.0 Å². The van der Waals surface area contributed by atoms with Crippen LogP contribution in [0.4, 0.5) is 0 Å². The molecule has 1 N–H and O–H groups in total. The summed E-state index contributed by atoms with van der Waals surface area (Å²) in [7, 11) is 0. The monoisotopic (exact) mass is 417 g/mol. The van der Waals surface area contributed by atoms with Crippen molar-refractivity contribution >= 4 is 27.7 Å². The van der Waals surface area contributed by atoms with Crippen molar-refractivity contribution in [1.29, 1.82) is 0 Å². The zero-order chi connectivity index (χ0) is 21.4. The lowest BCUT2D eigenvalue weighted by Gasteiger charge is -2.27. The summed E-state index contributed by atoms with van der Waals surface area (Å²) in [6, 6.07) is 14.0. The highest BCUT2D eigenvalue weighted by Crippen LogP contribution is 2.42. The van der Waals surface area contributed by atoms with E-state index >= 15 is 0 Å². The molecule has 0 saturated carbocycles. The molecule has 1 unspecified atom stereocenters. The normalized spacial score (nSPS) is 15.6. The van der Waals surface area contributed by atoms with Crippen LogP contribution in [0.15, 0.2) is 53.1 Å². The van der Waals surface area contributed by atoms with Gasteiger partial charge in [-0.25, -0.2) is 4.79 Å². The standard InChI is InChI=1S/C25H24N2O4/c1-3-29-25(28)21-16(2)31-24-19-10-5-4-9-18(19)23-20(22(21)24)14-27(15-30-23)13-11-17-8-6-7-12-26-17/h4-10,12H,3,11,13-15H2,1-2H3/p+1. The molecule has 0 radical (unpaired) electrons. The molecule has 1 aliphatic heterocycles. The van der Waals surface area contributed by atoms with Crippen molar-refractivity contribution in [3.8, 4) is 5.75 Å². The number of nitrogens with one attached hydrogen (secondary N) is 1. The number of carbonyl (C=O) groups is 1. The van der Waals surface area contributed by atoms with E-state index in [-0.39, 0.29) is 5.97 Å². The van der Waals surface area contributed by atoms with Crippen molar-refractivity contribution in [2.45, 2.75) is 26.8 Å². The van der Waals surface area contributed by atoms with Crippen molar-refractivity contribution in [3.63, 3.8) is 0 Å². The van der Waals surface area contributed by atoms with Crippen molar-refractivity contribution in [2.75, 3.05) is 19.9 Å². The minimum atomic E-state index is -0.350. The summed E-state index contributed by atoms with van der Waals surface area (Å²) in [5.41, 5.74) is 3.31. The lowest BCUT2D eigenvalue weighted by atomic mass is 9.96. The summed E-state index contributed by atoms with van der Waals surface area (Å²) in [4.78, 5) is 18.5. The number of carbonyl (C=O) groups excluding carboxylic acids is 1. The molecule has 0 fully saturated rings. The number of benzene rings is 2. The van der Waals surface area contributed by atoms with Crippen LogP contribution < -0.4 is 9.64 Å². The van der Waals surface area contributed by atoms with Crippen LogP contribution in [0.2, 0.25) is 0 Å². The van der Waals surface area contributed by atoms with Gasteiger partial charge in [-0.3, -0.25) is 9.88 Å². The smallest absolute Gasteiger partial charge is 0.342 e. The van der Waals surface area contributed by atoms with Crippen molar-refractivity contribution in [1.82, 2.24) is 4.98 Å². The highest BCUT2D eigenvalue weighted by atomic mass is 16.5. The number of furan rings is 1. The number of aryl methyl sites for hydroxylation is 1. The van der Waals surface area contributed by atoms with E-state index in [1.54, 1.807) is 0 Å². The molecule has 0 amide bonds. The van der Waals surface area contributed by atoms with E-state index in [2.05, 4.69) is 4.98 Å². The summed E-state index contributed by atoms with van der Waals surface area (Å²) in [5, 5.41) is 2.78. The van der Waals surface area contributed by atoms with Gasteiger partial charge in [0.1, 0.15) is 29.2 Å². The van der Waals surface area contributed by atoms with E-state index in [0.29, 0.717) is 24.7 Å². The predicted molar refractivity (Wildman–Crippen MR) is 117 cm³/mol. The van der Waals surface area contributed by atoms with E-state index in [0.717, 1.165) is 58.3 Å². The first-order valence-corrected chi connectivity index (χ1v) is 10.7. The van der Waals surface area contributed by atoms with Crippen LogP contribution in [0.25, 0.3) is 21.7 Å². The first-order chi connectivity index (χ1) is 15.2. The molecule has 1 atom stereocenters. The molecule has 158 valence electrons. The third-order valence-corrected chi connectivity index (χ3v) is 5.86. The number of aromatic nitrogens is 1. The predicted octanol–water partition coefficient (Wildman–Crippen LogP) is 3.44. The van der Waals surface area contributed by atoms with Gasteiger partial charge in [0.25, 0.3) is 0 Å². The molecule has 1 aliphatic rings. The zero-order valence-corrected chi connectivity index (χ0v) is 17.7. The van der Waals surface area contributed by atoms with E-state index in [9.17, 15) is 4.79 Å². The van der Waals surface area contributed by atoms with Gasteiger partial charge >= 0.3 is 5.97 Å². The third kappa shape index (κ3) is 3.43. The molecular weight excluding hydrogens is 392 g/mol. The molecule has 0 saturated heterocycles. The Morgan fingerprint density at radius 2 is 1.97 bits per heavy atom. The topological polar surface area (TPSA) is 66.0 Å². The molecule has 6 heteroatoms. The molecule has 0 aliphatic carbocycles. The van der Waals surface area contributed by atoms with Crippen LogP contribution in [0.1, 0.15) is 34.3 Å². The first-order valence-electron chi connectivity index (χ1n) is 10.7. The summed E-state index contributed by atoms with van der Waals surface area (Å²) in [6.07, 6.45) is 2.68. The van der Waals surface area contributed by atoms with Gasteiger partial charge < -0.3 is 13.9 Å². The number of pyridine rings is 1. The van der Waals surface area contributed by atoms with Crippen molar-refractivity contribution in [2.24, 2.45) is 0 Å². The zero-order valence-electron chi connectivity index (χ0n) is 17.7. The van der Waals surface area contributed by atoms with E-state index in [4.69, 9.17) is 13.9 Å². The second-order valence-corrected chi connectivity index (χ2v) is 7.85. The SMILES string of the molecule is CCOC(=O)c1c(C)oc2c1c1c(c3ccccc32)OC[NH+](CCc2ccccn2)C1. The molecule has 2 aromatic carbocycles. The highest BCUT2D eigenvalue weighted by Gasteiger charge is 2.31. The fraction of sp³-hybridized carbons (Fsp3) is 0.280. The third-order valence-electron chi connectivity index (χ3n) is 5.86. The highest BCUT2D eigenvalue weighted by molar-refractivity contribution is 6.16. The Hall–Kier alpha value is -3.38. The van der Waals surface area contributed by atoms with Crippen LogP contribution in [-0.4, -0.2) is 30.8 Å². The Balaban J connectivity index is 1.61. The van der Waals surface area contributed by atoms with Gasteiger partial charge in [-0.15, -0.1) is 0 Å². The lowest BCUT2D eigenvalue weighted by Crippen LogP contribution is -3.12. The van der Waals surface area contributed by atoms with Gasteiger partial charge in [-0.1, -0.05) is 30.3 Å². The molecule has 4 aromatic rings. The maximum Gasteiger partial charge on any atom is 0.342 e. The minimum Gasteiger partial charge on any atom is -0.462 e. The van der Waals surface area contributed by atoms with Crippen molar-refractivity contribution in [3.05, 3.63) is 71.2 Å². The van der Waals surface area contributed by atoms with Crippen LogP contribution in [0.5, 0.6) is 5.75 Å².